The van der Waals surface area contributed by atoms with Gasteiger partial charge in [-0.2, -0.15) is 0 Å². The van der Waals surface area contributed by atoms with E-state index in [4.69, 9.17) is 0 Å². The molecule has 1 aliphatic heterocycles. The quantitative estimate of drug-likeness (QED) is 0.737. The number of rotatable bonds is 7. The van der Waals surface area contributed by atoms with E-state index in [1.54, 1.807) is 11.8 Å². The number of halogens is 1. The lowest BCUT2D eigenvalue weighted by atomic mass is 10.1. The van der Waals surface area contributed by atoms with Crippen LogP contribution < -0.4 is 10.6 Å². The minimum absolute atomic E-state index is 0. The molecule has 1 aromatic carbocycles. The summed E-state index contributed by atoms with van der Waals surface area (Å²) in [6.45, 7) is 6.85. The molecule has 128 valence electrons. The zero-order valence-electron chi connectivity index (χ0n) is 13.9. The van der Waals surface area contributed by atoms with Crippen LogP contribution in [0.2, 0.25) is 0 Å². The molecule has 2 rings (SSSR count). The molecule has 1 amide bonds. The van der Waals surface area contributed by atoms with Crippen molar-refractivity contribution in [3.8, 4) is 0 Å². The van der Waals surface area contributed by atoms with E-state index in [2.05, 4.69) is 42.7 Å². The maximum Gasteiger partial charge on any atom is 0.233 e. The lowest BCUT2D eigenvalue weighted by molar-refractivity contribution is -0.121. The second-order valence-corrected chi connectivity index (χ2v) is 7.13. The van der Waals surface area contributed by atoms with Crippen molar-refractivity contribution in [3.63, 3.8) is 0 Å². The van der Waals surface area contributed by atoms with Gasteiger partial charge in [0, 0.05) is 18.8 Å². The molecule has 0 saturated carbocycles. The van der Waals surface area contributed by atoms with Gasteiger partial charge in [0.25, 0.3) is 0 Å². The van der Waals surface area contributed by atoms with E-state index in [1.807, 2.05) is 18.2 Å². The van der Waals surface area contributed by atoms with Crippen LogP contribution in [0.25, 0.3) is 0 Å². The first-order chi connectivity index (χ1) is 10.7. The summed E-state index contributed by atoms with van der Waals surface area (Å²) in [5.74, 6) is 1.37. The van der Waals surface area contributed by atoms with Crippen LogP contribution >= 0.6 is 24.2 Å². The van der Waals surface area contributed by atoms with Gasteiger partial charge in [-0.1, -0.05) is 55.8 Å². The lowest BCUT2D eigenvalue weighted by Crippen LogP contribution is -2.37. The topological polar surface area (TPSA) is 41.1 Å². The van der Waals surface area contributed by atoms with E-state index in [9.17, 15) is 4.79 Å². The number of benzene rings is 1. The van der Waals surface area contributed by atoms with Gasteiger partial charge in [0.15, 0.2) is 0 Å². The van der Waals surface area contributed by atoms with Crippen LogP contribution in [0.3, 0.4) is 0 Å². The second-order valence-electron chi connectivity index (χ2n) is 6.00. The Morgan fingerprint density at radius 2 is 2.04 bits per heavy atom. The Kier molecular flexibility index (Phi) is 9.37. The minimum Gasteiger partial charge on any atom is -0.351 e. The number of hydrogen-bond acceptors (Lipinski definition) is 3. The summed E-state index contributed by atoms with van der Waals surface area (Å²) < 4.78 is 0. The van der Waals surface area contributed by atoms with E-state index >= 15 is 0 Å². The van der Waals surface area contributed by atoms with E-state index < -0.39 is 0 Å². The number of thioether (sulfide) groups is 1. The fourth-order valence-corrected chi connectivity index (χ4v) is 3.65. The molecule has 0 spiro atoms. The van der Waals surface area contributed by atoms with Crippen molar-refractivity contribution in [3.05, 3.63) is 47.5 Å². The Bertz CT molecular complexity index is 505. The molecule has 0 aromatic heterocycles. The highest BCUT2D eigenvalue weighted by Crippen LogP contribution is 2.24. The van der Waals surface area contributed by atoms with Crippen LogP contribution in [0.4, 0.5) is 0 Å². The average molecular weight is 355 g/mol. The van der Waals surface area contributed by atoms with Crippen molar-refractivity contribution in [1.82, 2.24) is 10.6 Å². The second kappa shape index (κ2) is 10.7. The average Bonchev–Trinajstić information content (AvgIpc) is 2.55. The molecular weight excluding hydrogens is 328 g/mol. The summed E-state index contributed by atoms with van der Waals surface area (Å²) in [7, 11) is 0. The summed E-state index contributed by atoms with van der Waals surface area (Å²) in [5.41, 5.74) is 2.61. The third kappa shape index (κ3) is 6.98. The van der Waals surface area contributed by atoms with Gasteiger partial charge >= 0.3 is 0 Å². The van der Waals surface area contributed by atoms with E-state index in [0.717, 1.165) is 25.3 Å². The Morgan fingerprint density at radius 1 is 1.30 bits per heavy atom. The minimum atomic E-state index is 0. The standard InChI is InChI=1S/C18H26N2OS.ClH/c1-14(2)17(22-13-16-6-4-3-5-7-16)18(21)20-12-15-8-10-19-11-9-15;/h3-8,14,17,19H,9-13H2,1-2H3,(H,20,21);1H. The van der Waals surface area contributed by atoms with Crippen molar-refractivity contribution in [1.29, 1.82) is 0 Å². The third-order valence-electron chi connectivity index (χ3n) is 3.78. The predicted molar refractivity (Wildman–Crippen MR) is 102 cm³/mol. The van der Waals surface area contributed by atoms with Crippen molar-refractivity contribution < 1.29 is 4.79 Å². The highest BCUT2D eigenvalue weighted by Gasteiger charge is 2.22. The van der Waals surface area contributed by atoms with Gasteiger partial charge < -0.3 is 10.6 Å². The molecule has 1 heterocycles. The van der Waals surface area contributed by atoms with Crippen LogP contribution in [-0.4, -0.2) is 30.8 Å². The predicted octanol–water partition coefficient (Wildman–Crippen LogP) is 3.40. The number of amides is 1. The zero-order valence-corrected chi connectivity index (χ0v) is 15.5. The lowest BCUT2D eigenvalue weighted by Gasteiger charge is -2.21. The molecule has 1 aliphatic rings. The molecule has 0 saturated heterocycles. The Hall–Kier alpha value is -0.970. The van der Waals surface area contributed by atoms with Crippen molar-refractivity contribution in [2.45, 2.75) is 31.3 Å². The number of hydrogen-bond donors (Lipinski definition) is 2. The molecule has 5 heteroatoms. The fraction of sp³-hybridized carbons (Fsp3) is 0.500. The van der Waals surface area contributed by atoms with Crippen LogP contribution in [0, 0.1) is 5.92 Å². The molecule has 2 N–H and O–H groups in total. The summed E-state index contributed by atoms with van der Waals surface area (Å²) in [6, 6.07) is 10.3. The van der Waals surface area contributed by atoms with Gasteiger partial charge in [-0.15, -0.1) is 24.2 Å². The van der Waals surface area contributed by atoms with Gasteiger partial charge in [-0.05, 0) is 24.4 Å². The van der Waals surface area contributed by atoms with Crippen LogP contribution in [0.15, 0.2) is 42.0 Å². The molecule has 3 nitrogen and oxygen atoms in total. The van der Waals surface area contributed by atoms with Gasteiger partial charge in [0.05, 0.1) is 5.25 Å². The smallest absolute Gasteiger partial charge is 0.233 e. The first-order valence-corrected chi connectivity index (χ1v) is 9.03. The normalized spacial score (nSPS) is 15.5. The molecule has 0 aliphatic carbocycles. The Labute approximate surface area is 150 Å². The van der Waals surface area contributed by atoms with Gasteiger partial charge in [-0.3, -0.25) is 4.79 Å². The number of nitrogens with one attached hydrogen (secondary N) is 2. The van der Waals surface area contributed by atoms with E-state index in [0.29, 0.717) is 12.5 Å². The maximum atomic E-state index is 12.5. The molecule has 1 aromatic rings. The van der Waals surface area contributed by atoms with Crippen LogP contribution in [-0.2, 0) is 10.5 Å². The molecule has 0 bridgehead atoms. The Morgan fingerprint density at radius 3 is 2.65 bits per heavy atom. The third-order valence-corrected chi connectivity index (χ3v) is 5.40. The number of carbonyl (C=O) groups excluding carboxylic acids is 1. The molecule has 1 unspecified atom stereocenters. The van der Waals surface area contributed by atoms with Crippen molar-refractivity contribution in [2.24, 2.45) is 5.92 Å². The van der Waals surface area contributed by atoms with E-state index in [-0.39, 0.29) is 23.6 Å². The maximum absolute atomic E-state index is 12.5. The summed E-state index contributed by atoms with van der Waals surface area (Å²) in [4.78, 5) is 12.5. The highest BCUT2D eigenvalue weighted by atomic mass is 35.5. The summed E-state index contributed by atoms with van der Waals surface area (Å²) in [5, 5.41) is 6.41. The van der Waals surface area contributed by atoms with Gasteiger partial charge in [0.2, 0.25) is 5.91 Å². The summed E-state index contributed by atoms with van der Waals surface area (Å²) in [6.07, 6.45) is 3.22. The van der Waals surface area contributed by atoms with Gasteiger partial charge in [0.1, 0.15) is 0 Å². The SMILES string of the molecule is CC(C)C(SCc1ccccc1)C(=O)NCC1=CCNCC1.Cl. The fourth-order valence-electron chi connectivity index (χ4n) is 2.46. The summed E-state index contributed by atoms with van der Waals surface area (Å²) >= 11 is 1.73. The van der Waals surface area contributed by atoms with Crippen molar-refractivity contribution >= 4 is 30.1 Å². The van der Waals surface area contributed by atoms with Crippen LogP contribution in [0.1, 0.15) is 25.8 Å². The zero-order chi connectivity index (χ0) is 15.8. The monoisotopic (exact) mass is 354 g/mol. The first-order valence-electron chi connectivity index (χ1n) is 7.98. The van der Waals surface area contributed by atoms with Crippen molar-refractivity contribution in [2.75, 3.05) is 19.6 Å². The molecule has 1 atom stereocenters. The van der Waals surface area contributed by atoms with Crippen LogP contribution in [0.5, 0.6) is 0 Å². The number of carbonyl (C=O) groups is 1. The molecule has 0 fully saturated rings. The van der Waals surface area contributed by atoms with E-state index in [1.165, 1.54) is 11.1 Å². The van der Waals surface area contributed by atoms with Gasteiger partial charge in [-0.25, -0.2) is 0 Å². The molecule has 23 heavy (non-hydrogen) atoms. The Balaban J connectivity index is 0.00000264. The first kappa shape index (κ1) is 20.1. The molecule has 0 radical (unpaired) electrons. The molecular formula is C18H27ClN2OS. The highest BCUT2D eigenvalue weighted by molar-refractivity contribution is 7.99. The largest absolute Gasteiger partial charge is 0.351 e.